The summed E-state index contributed by atoms with van der Waals surface area (Å²) in [5.74, 6) is 0.359. The molecule has 0 aromatic heterocycles. The van der Waals surface area contributed by atoms with Crippen molar-refractivity contribution in [2.75, 3.05) is 7.11 Å². The van der Waals surface area contributed by atoms with Crippen LogP contribution in [-0.2, 0) is 9.53 Å². The standard InChI is InChI=1S/C18H20O2/c1-20-17(19)18-10-6-5-9-16(18)12-15(13-18)11-14-7-3-2-4-8-14/h2-8,11,16H,9-10,12-13H2,1H3/b15-11-/t16-,18+/m1/s1. The van der Waals surface area contributed by atoms with Crippen molar-refractivity contribution >= 4 is 12.0 Å². The van der Waals surface area contributed by atoms with E-state index in [9.17, 15) is 4.79 Å². The van der Waals surface area contributed by atoms with Crippen LogP contribution in [0, 0.1) is 11.3 Å². The summed E-state index contributed by atoms with van der Waals surface area (Å²) in [4.78, 5) is 12.3. The zero-order valence-corrected chi connectivity index (χ0v) is 11.8. The van der Waals surface area contributed by atoms with E-state index in [0.29, 0.717) is 5.92 Å². The molecule has 0 unspecified atom stereocenters. The highest BCUT2D eigenvalue weighted by molar-refractivity contribution is 5.79. The molecule has 2 nitrogen and oxygen atoms in total. The van der Waals surface area contributed by atoms with E-state index in [1.165, 1.54) is 18.2 Å². The molecule has 0 N–H and O–H groups in total. The summed E-state index contributed by atoms with van der Waals surface area (Å²) in [6.45, 7) is 0. The van der Waals surface area contributed by atoms with Crippen molar-refractivity contribution in [2.45, 2.75) is 25.7 Å². The number of carbonyl (C=O) groups is 1. The molecule has 0 saturated heterocycles. The highest BCUT2D eigenvalue weighted by Crippen LogP contribution is 2.53. The molecule has 20 heavy (non-hydrogen) atoms. The fourth-order valence-corrected chi connectivity index (χ4v) is 3.66. The second-order valence-corrected chi connectivity index (χ2v) is 5.85. The molecule has 1 aromatic carbocycles. The molecule has 0 amide bonds. The molecule has 1 aromatic rings. The minimum Gasteiger partial charge on any atom is -0.469 e. The number of carbonyl (C=O) groups excluding carboxylic acids is 1. The third kappa shape index (κ3) is 2.20. The van der Waals surface area contributed by atoms with Crippen LogP contribution in [0.15, 0.2) is 48.1 Å². The highest BCUT2D eigenvalue weighted by Gasteiger charge is 2.51. The predicted octanol–water partition coefficient (Wildman–Crippen LogP) is 3.99. The quantitative estimate of drug-likeness (QED) is 0.599. The van der Waals surface area contributed by atoms with E-state index < -0.39 is 0 Å². The highest BCUT2D eigenvalue weighted by atomic mass is 16.5. The fourth-order valence-electron chi connectivity index (χ4n) is 3.66. The van der Waals surface area contributed by atoms with Crippen molar-refractivity contribution in [3.05, 3.63) is 53.6 Å². The zero-order valence-electron chi connectivity index (χ0n) is 11.8. The monoisotopic (exact) mass is 268 g/mol. The number of methoxy groups -OCH3 is 1. The number of hydrogen-bond donors (Lipinski definition) is 0. The summed E-state index contributed by atoms with van der Waals surface area (Å²) >= 11 is 0. The molecule has 2 heteroatoms. The second kappa shape index (κ2) is 5.28. The minimum absolute atomic E-state index is 0.0386. The average Bonchev–Trinajstić information content (AvgIpc) is 2.86. The SMILES string of the molecule is COC(=O)[C@]12CC=CC[C@@H]1C/C(=C/c1ccccc1)C2. The largest absolute Gasteiger partial charge is 0.469 e. The number of ether oxygens (including phenoxy) is 1. The Hall–Kier alpha value is -1.83. The van der Waals surface area contributed by atoms with E-state index >= 15 is 0 Å². The van der Waals surface area contributed by atoms with Crippen LogP contribution in [0.1, 0.15) is 31.2 Å². The molecule has 0 aliphatic heterocycles. The van der Waals surface area contributed by atoms with Crippen LogP contribution in [0.4, 0.5) is 0 Å². The molecule has 2 aliphatic carbocycles. The summed E-state index contributed by atoms with van der Waals surface area (Å²) in [5, 5.41) is 0. The van der Waals surface area contributed by atoms with E-state index in [-0.39, 0.29) is 11.4 Å². The normalized spacial score (nSPS) is 30.2. The van der Waals surface area contributed by atoms with Gasteiger partial charge in [-0.2, -0.15) is 0 Å². The lowest BCUT2D eigenvalue weighted by Gasteiger charge is -2.33. The van der Waals surface area contributed by atoms with Crippen molar-refractivity contribution in [2.24, 2.45) is 11.3 Å². The smallest absolute Gasteiger partial charge is 0.312 e. The Morgan fingerprint density at radius 3 is 2.85 bits per heavy atom. The Morgan fingerprint density at radius 2 is 2.10 bits per heavy atom. The zero-order chi connectivity index (χ0) is 14.0. The second-order valence-electron chi connectivity index (χ2n) is 5.85. The van der Waals surface area contributed by atoms with E-state index in [4.69, 9.17) is 4.74 Å². The first-order valence-electron chi connectivity index (χ1n) is 7.22. The number of rotatable bonds is 2. The Balaban J connectivity index is 1.90. The number of benzene rings is 1. The first-order chi connectivity index (χ1) is 9.74. The lowest BCUT2D eigenvalue weighted by molar-refractivity contribution is -0.155. The Bertz CT molecular complexity index is 556. The van der Waals surface area contributed by atoms with Crippen LogP contribution in [0.25, 0.3) is 6.08 Å². The van der Waals surface area contributed by atoms with Gasteiger partial charge in [0, 0.05) is 0 Å². The van der Waals surface area contributed by atoms with Gasteiger partial charge in [0.15, 0.2) is 0 Å². The van der Waals surface area contributed by atoms with Gasteiger partial charge >= 0.3 is 5.97 Å². The van der Waals surface area contributed by atoms with Gasteiger partial charge in [0.2, 0.25) is 0 Å². The summed E-state index contributed by atoms with van der Waals surface area (Å²) < 4.78 is 5.09. The third-order valence-electron chi connectivity index (χ3n) is 4.66. The molecule has 2 aliphatic rings. The summed E-state index contributed by atoms with van der Waals surface area (Å²) in [5.41, 5.74) is 2.27. The van der Waals surface area contributed by atoms with Gasteiger partial charge in [0.25, 0.3) is 0 Å². The molecule has 0 heterocycles. The van der Waals surface area contributed by atoms with Crippen LogP contribution < -0.4 is 0 Å². The van der Waals surface area contributed by atoms with Gasteiger partial charge in [0.1, 0.15) is 0 Å². The van der Waals surface area contributed by atoms with E-state index in [0.717, 1.165) is 25.7 Å². The van der Waals surface area contributed by atoms with Crippen molar-refractivity contribution in [3.8, 4) is 0 Å². The molecule has 3 rings (SSSR count). The van der Waals surface area contributed by atoms with E-state index in [1.54, 1.807) is 0 Å². The Labute approximate surface area is 120 Å². The van der Waals surface area contributed by atoms with Gasteiger partial charge in [-0.15, -0.1) is 0 Å². The van der Waals surface area contributed by atoms with Gasteiger partial charge in [-0.1, -0.05) is 54.1 Å². The maximum Gasteiger partial charge on any atom is 0.312 e. The van der Waals surface area contributed by atoms with Gasteiger partial charge in [-0.05, 0) is 37.2 Å². The van der Waals surface area contributed by atoms with Crippen LogP contribution >= 0.6 is 0 Å². The van der Waals surface area contributed by atoms with E-state index in [2.05, 4.69) is 30.4 Å². The fraction of sp³-hybridized carbons (Fsp3) is 0.389. The molecule has 0 spiro atoms. The van der Waals surface area contributed by atoms with Crippen LogP contribution in [0.2, 0.25) is 0 Å². The van der Waals surface area contributed by atoms with E-state index in [1.807, 2.05) is 18.2 Å². The molecule has 1 saturated carbocycles. The average molecular weight is 268 g/mol. The van der Waals surface area contributed by atoms with Crippen LogP contribution in [0.3, 0.4) is 0 Å². The van der Waals surface area contributed by atoms with Crippen molar-refractivity contribution < 1.29 is 9.53 Å². The van der Waals surface area contributed by atoms with Crippen molar-refractivity contribution in [1.29, 1.82) is 0 Å². The van der Waals surface area contributed by atoms with Crippen LogP contribution in [0.5, 0.6) is 0 Å². The van der Waals surface area contributed by atoms with Crippen molar-refractivity contribution in [1.82, 2.24) is 0 Å². The minimum atomic E-state index is -0.315. The molecular formula is C18H20O2. The number of hydrogen-bond acceptors (Lipinski definition) is 2. The van der Waals surface area contributed by atoms with Gasteiger partial charge < -0.3 is 4.74 Å². The lowest BCUT2D eigenvalue weighted by Crippen LogP contribution is -2.36. The van der Waals surface area contributed by atoms with Gasteiger partial charge in [-0.25, -0.2) is 0 Å². The predicted molar refractivity (Wildman–Crippen MR) is 80.0 cm³/mol. The molecule has 2 atom stereocenters. The van der Waals surface area contributed by atoms with Crippen LogP contribution in [-0.4, -0.2) is 13.1 Å². The lowest BCUT2D eigenvalue weighted by atomic mass is 9.71. The van der Waals surface area contributed by atoms with Crippen molar-refractivity contribution in [3.63, 3.8) is 0 Å². The molecule has 1 fully saturated rings. The van der Waals surface area contributed by atoms with Gasteiger partial charge in [0.05, 0.1) is 12.5 Å². The maximum atomic E-state index is 12.3. The maximum absolute atomic E-state index is 12.3. The summed E-state index contributed by atoms with van der Waals surface area (Å²) in [7, 11) is 1.51. The summed E-state index contributed by atoms with van der Waals surface area (Å²) in [6.07, 6.45) is 10.2. The first kappa shape index (κ1) is 13.2. The van der Waals surface area contributed by atoms with Gasteiger partial charge in [-0.3, -0.25) is 4.79 Å². The molecule has 104 valence electrons. The number of esters is 1. The Kier molecular flexibility index (Phi) is 3.47. The Morgan fingerprint density at radius 1 is 1.30 bits per heavy atom. The topological polar surface area (TPSA) is 26.3 Å². The molecular weight excluding hydrogens is 248 g/mol. The molecule has 0 radical (unpaired) electrons. The summed E-state index contributed by atoms with van der Waals surface area (Å²) in [6, 6.07) is 10.3. The molecule has 0 bridgehead atoms. The number of fused-ring (bicyclic) bond motifs is 1. The first-order valence-corrected chi connectivity index (χ1v) is 7.22. The third-order valence-corrected chi connectivity index (χ3v) is 4.66. The number of allylic oxidation sites excluding steroid dienone is 3.